The smallest absolute Gasteiger partial charge is 0.137 e. The zero-order valence-electron chi connectivity index (χ0n) is 18.6. The van der Waals surface area contributed by atoms with Crippen LogP contribution in [0.5, 0.6) is 5.75 Å². The molecule has 0 unspecified atom stereocenters. The summed E-state index contributed by atoms with van der Waals surface area (Å²) in [7, 11) is 4.01. The minimum atomic E-state index is 0.286. The van der Waals surface area contributed by atoms with Gasteiger partial charge in [0.25, 0.3) is 0 Å². The molecule has 0 spiro atoms. The highest BCUT2D eigenvalue weighted by molar-refractivity contribution is 5.73. The first-order chi connectivity index (χ1) is 14.0. The van der Waals surface area contributed by atoms with Crippen molar-refractivity contribution in [3.05, 3.63) is 41.7 Å². The topological polar surface area (TPSA) is 25.4 Å². The second-order valence-electron chi connectivity index (χ2n) is 10.5. The van der Waals surface area contributed by atoms with Crippen LogP contribution in [-0.4, -0.2) is 37.1 Å². The second kappa shape index (κ2) is 6.97. The number of hydrogen-bond donors (Lipinski definition) is 0. The second-order valence-corrected chi connectivity index (χ2v) is 10.5. The molecule has 0 saturated heterocycles. The molecule has 1 aliphatic heterocycles. The molecule has 156 valence electrons. The Hall–Kier alpha value is -1.61. The number of pyridine rings is 1. The molecule has 4 aliphatic rings. The van der Waals surface area contributed by atoms with Crippen molar-refractivity contribution in [3.8, 4) is 5.75 Å². The van der Waals surface area contributed by atoms with Crippen LogP contribution in [0.25, 0.3) is 5.57 Å². The van der Waals surface area contributed by atoms with E-state index in [4.69, 9.17) is 4.74 Å². The number of nitrogens with zero attached hydrogens (tertiary/aromatic N) is 2. The monoisotopic (exact) mass is 392 g/mol. The normalized spacial score (nSPS) is 39.5. The number of ether oxygens (including phenoxy) is 1. The third-order valence-corrected chi connectivity index (χ3v) is 9.24. The van der Waals surface area contributed by atoms with Gasteiger partial charge in [0.2, 0.25) is 0 Å². The summed E-state index contributed by atoms with van der Waals surface area (Å²) < 4.78 is 5.46. The molecule has 0 amide bonds. The van der Waals surface area contributed by atoms with Crippen molar-refractivity contribution < 1.29 is 4.74 Å². The van der Waals surface area contributed by atoms with Crippen LogP contribution in [0.15, 0.2) is 36.2 Å². The van der Waals surface area contributed by atoms with Crippen LogP contribution in [0.3, 0.4) is 0 Å². The minimum absolute atomic E-state index is 0.286. The highest BCUT2D eigenvalue weighted by atomic mass is 16.5. The van der Waals surface area contributed by atoms with Crippen molar-refractivity contribution in [2.75, 3.05) is 27.2 Å². The molecule has 0 N–H and O–H groups in total. The first kappa shape index (κ1) is 19.4. The lowest BCUT2D eigenvalue weighted by Crippen LogP contribution is -2.49. The molecule has 2 fully saturated rings. The van der Waals surface area contributed by atoms with Gasteiger partial charge in [0.15, 0.2) is 0 Å². The third-order valence-electron chi connectivity index (χ3n) is 9.24. The summed E-state index contributed by atoms with van der Waals surface area (Å²) in [5, 5.41) is 0. The molecule has 5 rings (SSSR count). The fraction of sp³-hybridized carbons (Fsp3) is 0.654. The maximum Gasteiger partial charge on any atom is 0.137 e. The van der Waals surface area contributed by atoms with Gasteiger partial charge in [-0.2, -0.15) is 0 Å². The molecule has 0 bridgehead atoms. The van der Waals surface area contributed by atoms with Gasteiger partial charge in [0.05, 0.1) is 13.3 Å². The summed E-state index contributed by atoms with van der Waals surface area (Å²) in [6, 6.07) is 2.18. The summed E-state index contributed by atoms with van der Waals surface area (Å²) in [5.41, 5.74) is 5.27. The van der Waals surface area contributed by atoms with Crippen LogP contribution >= 0.6 is 0 Å². The van der Waals surface area contributed by atoms with Gasteiger partial charge in [-0.25, -0.2) is 0 Å². The zero-order chi connectivity index (χ0) is 20.2. The van der Waals surface area contributed by atoms with E-state index in [1.165, 1.54) is 56.2 Å². The van der Waals surface area contributed by atoms with E-state index in [0.717, 1.165) is 30.0 Å². The van der Waals surface area contributed by atoms with Crippen LogP contribution in [0.1, 0.15) is 57.9 Å². The van der Waals surface area contributed by atoms with Crippen LogP contribution in [0.2, 0.25) is 0 Å². The van der Waals surface area contributed by atoms with Crippen molar-refractivity contribution in [2.45, 2.75) is 52.4 Å². The van der Waals surface area contributed by atoms with E-state index in [9.17, 15) is 0 Å². The predicted molar refractivity (Wildman–Crippen MR) is 119 cm³/mol. The van der Waals surface area contributed by atoms with Crippen LogP contribution < -0.4 is 4.74 Å². The van der Waals surface area contributed by atoms with Crippen LogP contribution in [0, 0.1) is 28.6 Å². The standard InChI is InChI=1S/C26H36N2O/c1-25-12-14-28(3)13-10-19(25)5-6-21-23-8-7-22(26(23,2)11-9-24(21)25)18-15-20(29-4)17-27-16-18/h7,10,15-17,21,23-24H,5-6,8-9,11-14H2,1-4H3/t21-,23-,24-,25-,26+/m0/s1. The van der Waals surface area contributed by atoms with E-state index in [0.29, 0.717) is 5.41 Å². The van der Waals surface area contributed by atoms with E-state index >= 15 is 0 Å². The fourth-order valence-corrected chi connectivity index (χ4v) is 7.48. The molecule has 5 atom stereocenters. The van der Waals surface area contributed by atoms with Gasteiger partial charge in [0, 0.05) is 12.7 Å². The molecule has 2 saturated carbocycles. The molecule has 3 heteroatoms. The molecular formula is C26H36N2O. The van der Waals surface area contributed by atoms with Gasteiger partial charge < -0.3 is 9.64 Å². The Morgan fingerprint density at radius 1 is 1.07 bits per heavy atom. The first-order valence-electron chi connectivity index (χ1n) is 11.5. The Morgan fingerprint density at radius 2 is 1.93 bits per heavy atom. The number of rotatable bonds is 2. The molecule has 0 aromatic carbocycles. The molecule has 29 heavy (non-hydrogen) atoms. The molecule has 0 radical (unpaired) electrons. The number of likely N-dealkylation sites (N-methyl/N-ethyl adjacent to an activating group) is 1. The van der Waals surface area contributed by atoms with Crippen molar-refractivity contribution in [1.29, 1.82) is 0 Å². The van der Waals surface area contributed by atoms with Crippen molar-refractivity contribution in [3.63, 3.8) is 0 Å². The molecule has 2 heterocycles. The number of allylic oxidation sites excluding steroid dienone is 3. The number of aromatic nitrogens is 1. The summed E-state index contributed by atoms with van der Waals surface area (Å²) in [6.07, 6.45) is 16.9. The average molecular weight is 393 g/mol. The van der Waals surface area contributed by atoms with Crippen molar-refractivity contribution in [2.24, 2.45) is 28.6 Å². The van der Waals surface area contributed by atoms with Gasteiger partial charge in [-0.1, -0.05) is 31.6 Å². The largest absolute Gasteiger partial charge is 0.495 e. The highest BCUT2D eigenvalue weighted by Crippen LogP contribution is 2.66. The molecule has 3 nitrogen and oxygen atoms in total. The molecule has 3 aliphatic carbocycles. The highest BCUT2D eigenvalue weighted by Gasteiger charge is 2.56. The van der Waals surface area contributed by atoms with Gasteiger partial charge >= 0.3 is 0 Å². The number of fused-ring (bicyclic) bond motifs is 5. The average Bonchev–Trinajstić information content (AvgIpc) is 3.01. The fourth-order valence-electron chi connectivity index (χ4n) is 7.48. The third kappa shape index (κ3) is 2.91. The zero-order valence-corrected chi connectivity index (χ0v) is 18.6. The lowest BCUT2D eigenvalue weighted by atomic mass is 9.47. The quantitative estimate of drug-likeness (QED) is 0.614. The number of hydrogen-bond acceptors (Lipinski definition) is 3. The summed E-state index contributed by atoms with van der Waals surface area (Å²) >= 11 is 0. The lowest BCUT2D eigenvalue weighted by molar-refractivity contribution is -0.0194. The van der Waals surface area contributed by atoms with Gasteiger partial charge in [-0.3, -0.25) is 4.98 Å². The maximum atomic E-state index is 5.46. The predicted octanol–water partition coefficient (Wildman–Crippen LogP) is 5.59. The Morgan fingerprint density at radius 3 is 2.76 bits per heavy atom. The van der Waals surface area contributed by atoms with Gasteiger partial charge in [-0.15, -0.1) is 0 Å². The Labute approximate surface area is 176 Å². The van der Waals surface area contributed by atoms with Gasteiger partial charge in [-0.05, 0) is 97.9 Å². The Bertz CT molecular complexity index is 858. The van der Waals surface area contributed by atoms with E-state index in [-0.39, 0.29) is 5.41 Å². The Balaban J connectivity index is 1.45. The molecule has 1 aromatic heterocycles. The van der Waals surface area contributed by atoms with E-state index < -0.39 is 0 Å². The summed E-state index contributed by atoms with van der Waals surface area (Å²) in [4.78, 5) is 6.96. The van der Waals surface area contributed by atoms with Gasteiger partial charge in [0.1, 0.15) is 5.75 Å². The van der Waals surface area contributed by atoms with Crippen molar-refractivity contribution >= 4 is 5.57 Å². The van der Waals surface area contributed by atoms with Crippen LogP contribution in [-0.2, 0) is 0 Å². The van der Waals surface area contributed by atoms with Crippen LogP contribution in [0.4, 0.5) is 0 Å². The molecule has 1 aromatic rings. The summed E-state index contributed by atoms with van der Waals surface area (Å²) in [5.74, 6) is 3.35. The van der Waals surface area contributed by atoms with Crippen molar-refractivity contribution in [1.82, 2.24) is 9.88 Å². The maximum absolute atomic E-state index is 5.46. The van der Waals surface area contributed by atoms with E-state index in [2.05, 4.69) is 49.0 Å². The van der Waals surface area contributed by atoms with E-state index in [1.807, 2.05) is 12.4 Å². The molecular weight excluding hydrogens is 356 g/mol. The van der Waals surface area contributed by atoms with E-state index in [1.54, 1.807) is 12.7 Å². The minimum Gasteiger partial charge on any atom is -0.495 e. The first-order valence-corrected chi connectivity index (χ1v) is 11.5. The lowest BCUT2D eigenvalue weighted by Gasteiger charge is -2.57. The number of methoxy groups -OCH3 is 1. The SMILES string of the molecule is COc1cncc(C2=CC[C@H]3[C@@H]4CCC5=CCN(C)CC[C@]5(C)[C@H]4CC[C@]23C)c1. The Kier molecular flexibility index (Phi) is 4.66. The summed E-state index contributed by atoms with van der Waals surface area (Å²) in [6.45, 7) is 7.52.